The molecule has 0 saturated heterocycles. The van der Waals surface area contributed by atoms with Crippen molar-refractivity contribution in [2.24, 2.45) is 0 Å². The minimum atomic E-state index is -0.300. The van der Waals surface area contributed by atoms with E-state index in [0.29, 0.717) is 32.8 Å². The molecule has 1 aromatic heterocycles. The number of benzene rings is 3. The van der Waals surface area contributed by atoms with Crippen LogP contribution in [0.1, 0.15) is 21.5 Å². The number of carbonyl (C=O) groups is 1. The first kappa shape index (κ1) is 20.2. The molecule has 29 heavy (non-hydrogen) atoms. The van der Waals surface area contributed by atoms with Crippen molar-refractivity contribution in [3.8, 4) is 11.5 Å². The number of amides is 1. The molecule has 7 heteroatoms. The highest BCUT2D eigenvalue weighted by Gasteiger charge is 2.16. The molecule has 1 heterocycles. The molecule has 0 bridgehead atoms. The average molecular weight is 537 g/mol. The van der Waals surface area contributed by atoms with Crippen molar-refractivity contribution in [2.45, 2.75) is 13.8 Å². The lowest BCUT2D eigenvalue weighted by Crippen LogP contribution is -2.12. The van der Waals surface area contributed by atoms with Gasteiger partial charge in [0.05, 0.1) is 21.2 Å². The lowest BCUT2D eigenvalue weighted by Gasteiger charge is -2.09. The van der Waals surface area contributed by atoms with Crippen LogP contribution in [0.3, 0.4) is 0 Å². The van der Waals surface area contributed by atoms with E-state index in [1.54, 1.807) is 30.3 Å². The van der Waals surface area contributed by atoms with Gasteiger partial charge >= 0.3 is 0 Å². The number of oxazole rings is 1. The molecular formula is C22H15Cl2IN2O2. The summed E-state index contributed by atoms with van der Waals surface area (Å²) in [4.78, 5) is 17.3. The second-order valence-corrected chi connectivity index (χ2v) is 8.78. The highest BCUT2D eigenvalue weighted by atomic mass is 127. The van der Waals surface area contributed by atoms with E-state index in [2.05, 4.69) is 32.9 Å². The van der Waals surface area contributed by atoms with E-state index in [1.807, 2.05) is 32.0 Å². The zero-order chi connectivity index (χ0) is 20.7. The van der Waals surface area contributed by atoms with Gasteiger partial charge in [-0.25, -0.2) is 4.98 Å². The number of rotatable bonds is 3. The fraction of sp³-hybridized carbons (Fsp3) is 0.0909. The molecule has 4 aromatic rings. The Labute approximate surface area is 191 Å². The number of nitrogens with one attached hydrogen (secondary N) is 1. The summed E-state index contributed by atoms with van der Waals surface area (Å²) in [6.45, 7) is 3.99. The maximum atomic E-state index is 12.7. The van der Waals surface area contributed by atoms with Gasteiger partial charge in [0.15, 0.2) is 5.58 Å². The molecule has 0 unspecified atom stereocenters. The van der Waals surface area contributed by atoms with Gasteiger partial charge in [0.25, 0.3) is 5.91 Å². The maximum Gasteiger partial charge on any atom is 0.257 e. The zero-order valence-electron chi connectivity index (χ0n) is 15.5. The van der Waals surface area contributed by atoms with Crippen LogP contribution in [0.4, 0.5) is 5.69 Å². The minimum absolute atomic E-state index is 0.300. The van der Waals surface area contributed by atoms with Crippen LogP contribution in [0.2, 0.25) is 10.0 Å². The third-order valence-corrected chi connectivity index (χ3v) is 5.78. The number of nitrogens with zero attached hydrogens (tertiary/aromatic N) is 1. The van der Waals surface area contributed by atoms with Crippen LogP contribution in [0.25, 0.3) is 22.6 Å². The van der Waals surface area contributed by atoms with Gasteiger partial charge < -0.3 is 9.73 Å². The zero-order valence-corrected chi connectivity index (χ0v) is 19.2. The lowest BCUT2D eigenvalue weighted by atomic mass is 10.1. The molecule has 4 rings (SSSR count). The van der Waals surface area contributed by atoms with Gasteiger partial charge in [-0.15, -0.1) is 0 Å². The fourth-order valence-electron chi connectivity index (χ4n) is 3.13. The van der Waals surface area contributed by atoms with Crippen molar-refractivity contribution in [3.05, 3.63) is 78.8 Å². The van der Waals surface area contributed by atoms with E-state index in [9.17, 15) is 4.79 Å². The quantitative estimate of drug-likeness (QED) is 0.280. The second-order valence-electron chi connectivity index (χ2n) is 6.72. The summed E-state index contributed by atoms with van der Waals surface area (Å²) in [7, 11) is 0. The standard InChI is InChI=1S/C22H15Cl2IN2O2/c1-11-7-12(2)20-19(8-11)27-22(29-20)16-10-14(4-6-18(16)24)26-21(28)15-9-13(25)3-5-17(15)23/h3-10H,1-2H3,(H,26,28). The van der Waals surface area contributed by atoms with Gasteiger partial charge in [-0.3, -0.25) is 4.79 Å². The monoisotopic (exact) mass is 536 g/mol. The summed E-state index contributed by atoms with van der Waals surface area (Å²) in [5, 5.41) is 3.74. The normalized spacial score (nSPS) is 11.1. The summed E-state index contributed by atoms with van der Waals surface area (Å²) in [5.41, 5.74) is 5.19. The molecule has 1 amide bonds. The Kier molecular flexibility index (Phi) is 5.55. The van der Waals surface area contributed by atoms with Crippen LogP contribution in [-0.4, -0.2) is 10.9 Å². The fourth-order valence-corrected chi connectivity index (χ4v) is 4.02. The van der Waals surface area contributed by atoms with Crippen molar-refractivity contribution in [1.82, 2.24) is 4.98 Å². The number of aryl methyl sites for hydroxylation is 2. The van der Waals surface area contributed by atoms with Crippen LogP contribution < -0.4 is 5.32 Å². The Morgan fingerprint density at radius 3 is 2.59 bits per heavy atom. The highest BCUT2D eigenvalue weighted by Crippen LogP contribution is 2.34. The van der Waals surface area contributed by atoms with Crippen molar-refractivity contribution >= 4 is 68.5 Å². The van der Waals surface area contributed by atoms with Gasteiger partial charge in [0.1, 0.15) is 5.52 Å². The molecule has 3 aromatic carbocycles. The molecule has 1 N–H and O–H groups in total. The molecule has 0 atom stereocenters. The van der Waals surface area contributed by atoms with Crippen LogP contribution in [0.5, 0.6) is 0 Å². The summed E-state index contributed by atoms with van der Waals surface area (Å²) in [6, 6.07) is 14.5. The Hall–Kier alpha value is -2.09. The summed E-state index contributed by atoms with van der Waals surface area (Å²) in [5.74, 6) is 0.105. The van der Waals surface area contributed by atoms with Crippen LogP contribution in [0.15, 0.2) is 52.9 Å². The predicted molar refractivity (Wildman–Crippen MR) is 126 cm³/mol. The molecule has 0 radical (unpaired) electrons. The van der Waals surface area contributed by atoms with Gasteiger partial charge in [0.2, 0.25) is 5.89 Å². The summed E-state index contributed by atoms with van der Waals surface area (Å²) in [6.07, 6.45) is 0. The third-order valence-electron chi connectivity index (χ3n) is 4.45. The Balaban J connectivity index is 1.70. The molecule has 0 spiro atoms. The lowest BCUT2D eigenvalue weighted by molar-refractivity contribution is 0.102. The Morgan fingerprint density at radius 2 is 1.79 bits per heavy atom. The minimum Gasteiger partial charge on any atom is -0.436 e. The SMILES string of the molecule is Cc1cc(C)c2oc(-c3cc(NC(=O)c4cc(I)ccc4Cl)ccc3Cl)nc2c1. The predicted octanol–water partition coefficient (Wildman–Crippen LogP) is 7.28. The van der Waals surface area contributed by atoms with Crippen LogP contribution >= 0.6 is 45.8 Å². The van der Waals surface area contributed by atoms with Crippen molar-refractivity contribution in [1.29, 1.82) is 0 Å². The van der Waals surface area contributed by atoms with E-state index in [4.69, 9.17) is 27.6 Å². The molecule has 0 aliphatic carbocycles. The Bertz CT molecular complexity index is 1270. The number of aromatic nitrogens is 1. The molecule has 4 nitrogen and oxygen atoms in total. The van der Waals surface area contributed by atoms with Crippen molar-refractivity contribution in [2.75, 3.05) is 5.32 Å². The largest absolute Gasteiger partial charge is 0.436 e. The van der Waals surface area contributed by atoms with Crippen molar-refractivity contribution in [3.63, 3.8) is 0 Å². The molecular weight excluding hydrogens is 522 g/mol. The third kappa shape index (κ3) is 4.13. The van der Waals surface area contributed by atoms with Gasteiger partial charge in [-0.1, -0.05) is 29.3 Å². The van der Waals surface area contributed by atoms with Gasteiger partial charge in [-0.05, 0) is 90.0 Å². The van der Waals surface area contributed by atoms with Crippen molar-refractivity contribution < 1.29 is 9.21 Å². The molecule has 0 aliphatic rings. The summed E-state index contributed by atoms with van der Waals surface area (Å²) < 4.78 is 6.89. The number of anilines is 1. The number of hydrogen-bond acceptors (Lipinski definition) is 3. The number of hydrogen-bond donors (Lipinski definition) is 1. The average Bonchev–Trinajstić information content (AvgIpc) is 3.09. The van der Waals surface area contributed by atoms with E-state index in [0.717, 1.165) is 25.8 Å². The van der Waals surface area contributed by atoms with Crippen LogP contribution in [-0.2, 0) is 0 Å². The first-order valence-electron chi connectivity index (χ1n) is 8.76. The number of carbonyl (C=O) groups excluding carboxylic acids is 1. The van der Waals surface area contributed by atoms with E-state index in [1.165, 1.54) is 0 Å². The van der Waals surface area contributed by atoms with Gasteiger partial charge in [-0.2, -0.15) is 0 Å². The first-order valence-corrected chi connectivity index (χ1v) is 10.6. The van der Waals surface area contributed by atoms with E-state index < -0.39 is 0 Å². The van der Waals surface area contributed by atoms with E-state index >= 15 is 0 Å². The second kappa shape index (κ2) is 7.97. The van der Waals surface area contributed by atoms with Crippen LogP contribution in [0, 0.1) is 17.4 Å². The smallest absolute Gasteiger partial charge is 0.257 e. The first-order chi connectivity index (χ1) is 13.8. The van der Waals surface area contributed by atoms with Gasteiger partial charge in [0, 0.05) is 9.26 Å². The number of halogens is 3. The highest BCUT2D eigenvalue weighted by molar-refractivity contribution is 14.1. The topological polar surface area (TPSA) is 55.1 Å². The molecule has 0 fully saturated rings. The molecule has 146 valence electrons. The molecule has 0 saturated carbocycles. The Morgan fingerprint density at radius 1 is 1.03 bits per heavy atom. The maximum absolute atomic E-state index is 12.7. The van der Waals surface area contributed by atoms with E-state index in [-0.39, 0.29) is 5.91 Å². The summed E-state index contributed by atoms with van der Waals surface area (Å²) >= 11 is 14.7. The molecule has 0 aliphatic heterocycles. The number of fused-ring (bicyclic) bond motifs is 1.